The van der Waals surface area contributed by atoms with E-state index in [1.807, 2.05) is 6.92 Å². The fourth-order valence-corrected chi connectivity index (χ4v) is 9.07. The molecule has 14 nitrogen and oxygen atoms in total. The SMILES string of the molecule is CC/C=C\C/C=C\C/C=C\C/C=C\C/C=C\C/C=C\C/C=C\C/C=C\CCCCCCCCCCCCCCCCC(=O)NC(COC1OC(CO)C(OC2OC(CO)C(O)C(O)C2O)C(O)C1O)C(O)CCCCC. The zero-order chi connectivity index (χ0) is 55.3. The number of allylic oxidation sites excluding steroid dienone is 16. The Kier molecular flexibility index (Phi) is 42.5. The van der Waals surface area contributed by atoms with Gasteiger partial charge in [-0.25, -0.2) is 0 Å². The number of unbranched alkanes of at least 4 members (excludes halogenated alkanes) is 16. The quantitative estimate of drug-likeness (QED) is 0.0205. The van der Waals surface area contributed by atoms with Gasteiger partial charge in [-0.05, 0) is 77.0 Å². The maximum absolute atomic E-state index is 13.1. The van der Waals surface area contributed by atoms with Crippen LogP contribution in [0, 0.1) is 0 Å². The Hall–Kier alpha value is -3.09. The molecule has 14 heteroatoms. The fraction of sp³-hybridized carbons (Fsp3) is 0.726. The van der Waals surface area contributed by atoms with E-state index in [2.05, 4.69) is 109 Å². The number of ether oxygens (including phenoxy) is 4. The van der Waals surface area contributed by atoms with Gasteiger partial charge >= 0.3 is 0 Å². The second-order valence-corrected chi connectivity index (χ2v) is 20.4. The molecular formula is C62H105NO13. The van der Waals surface area contributed by atoms with Crippen molar-refractivity contribution < 1.29 is 64.6 Å². The molecule has 0 aliphatic carbocycles. The molecule has 0 aromatic carbocycles. The predicted octanol–water partition coefficient (Wildman–Crippen LogP) is 9.88. The molecule has 0 spiro atoms. The number of carbonyl (C=O) groups is 1. The second kappa shape index (κ2) is 46.8. The highest BCUT2D eigenvalue weighted by molar-refractivity contribution is 5.76. The van der Waals surface area contributed by atoms with Crippen molar-refractivity contribution in [2.45, 2.75) is 267 Å². The first kappa shape index (κ1) is 69.0. The minimum atomic E-state index is -1.78. The van der Waals surface area contributed by atoms with E-state index in [1.165, 1.54) is 70.6 Å². The minimum Gasteiger partial charge on any atom is -0.394 e. The Morgan fingerprint density at radius 1 is 0.487 bits per heavy atom. The van der Waals surface area contributed by atoms with E-state index in [9.17, 15) is 45.6 Å². The molecule has 436 valence electrons. The van der Waals surface area contributed by atoms with Crippen molar-refractivity contribution in [2.24, 2.45) is 0 Å². The molecule has 0 radical (unpaired) electrons. The molecule has 0 aromatic heterocycles. The largest absolute Gasteiger partial charge is 0.394 e. The highest BCUT2D eigenvalue weighted by Crippen LogP contribution is 2.30. The lowest BCUT2D eigenvalue weighted by Crippen LogP contribution is -2.65. The van der Waals surface area contributed by atoms with Gasteiger partial charge in [-0.3, -0.25) is 4.79 Å². The van der Waals surface area contributed by atoms with Gasteiger partial charge < -0.3 is 65.1 Å². The molecule has 2 aliphatic heterocycles. The lowest BCUT2D eigenvalue weighted by molar-refractivity contribution is -0.359. The van der Waals surface area contributed by atoms with Crippen LogP contribution in [-0.2, 0) is 23.7 Å². The lowest BCUT2D eigenvalue weighted by Gasteiger charge is -2.46. The molecule has 1 amide bonds. The first-order valence-corrected chi connectivity index (χ1v) is 29.5. The van der Waals surface area contributed by atoms with Crippen LogP contribution in [-0.4, -0.2) is 140 Å². The van der Waals surface area contributed by atoms with Crippen molar-refractivity contribution in [3.05, 3.63) is 97.2 Å². The molecular weight excluding hydrogens is 967 g/mol. The molecule has 12 unspecified atom stereocenters. The molecule has 0 aromatic rings. The molecule has 9 N–H and O–H groups in total. The molecule has 2 saturated heterocycles. The van der Waals surface area contributed by atoms with Crippen LogP contribution in [0.1, 0.15) is 194 Å². The standard InChI is InChI=1S/C62H105NO13/c1-3-5-7-8-9-10-11-12-13-14-15-16-17-18-19-20-21-22-23-24-25-26-27-28-29-30-31-32-33-34-35-36-37-38-39-40-41-42-44-46-54(67)63-50(51(66)45-43-6-4-2)49-73-61-59(72)57(70)60(53(48-65)75-61)76-62-58(71)56(69)55(68)52(47-64)74-62/h5,7,9-10,12-13,15-16,18-19,21-22,24-25,27-28,50-53,55-62,64-66,68-72H,3-4,6,8,11,14,17,20,23,26,29-49H2,1-2H3,(H,63,67)/b7-5-,10-9-,13-12-,16-15-,19-18-,22-21-,25-24-,28-27-. The van der Waals surface area contributed by atoms with Crippen LogP contribution in [0.2, 0.25) is 0 Å². The van der Waals surface area contributed by atoms with Crippen molar-refractivity contribution in [1.82, 2.24) is 5.32 Å². The normalized spacial score (nSPS) is 25.6. The molecule has 2 heterocycles. The molecule has 2 aliphatic rings. The third kappa shape index (κ3) is 32.1. The Balaban J connectivity index is 1.48. The number of carbonyl (C=O) groups excluding carboxylic acids is 1. The maximum atomic E-state index is 13.1. The van der Waals surface area contributed by atoms with Crippen molar-refractivity contribution in [2.75, 3.05) is 19.8 Å². The summed E-state index contributed by atoms with van der Waals surface area (Å²) in [6, 6.07) is -0.829. The third-order valence-corrected chi connectivity index (χ3v) is 13.8. The fourth-order valence-electron chi connectivity index (χ4n) is 9.07. The average Bonchev–Trinajstić information content (AvgIpc) is 3.42. The number of aliphatic hydroxyl groups excluding tert-OH is 8. The summed E-state index contributed by atoms with van der Waals surface area (Å²) in [6.07, 6.45) is 48.4. The third-order valence-electron chi connectivity index (χ3n) is 13.8. The summed E-state index contributed by atoms with van der Waals surface area (Å²) in [4.78, 5) is 13.1. The maximum Gasteiger partial charge on any atom is 0.220 e. The topological polar surface area (TPSA) is 228 Å². The van der Waals surface area contributed by atoms with Gasteiger partial charge in [0.2, 0.25) is 5.91 Å². The van der Waals surface area contributed by atoms with Gasteiger partial charge in [-0.2, -0.15) is 0 Å². The number of nitrogens with one attached hydrogen (secondary N) is 1. The van der Waals surface area contributed by atoms with E-state index in [0.717, 1.165) is 96.3 Å². The minimum absolute atomic E-state index is 0.223. The van der Waals surface area contributed by atoms with Crippen LogP contribution in [0.25, 0.3) is 0 Å². The van der Waals surface area contributed by atoms with Crippen LogP contribution in [0.3, 0.4) is 0 Å². The van der Waals surface area contributed by atoms with Crippen LogP contribution < -0.4 is 5.32 Å². The number of hydrogen-bond acceptors (Lipinski definition) is 13. The smallest absolute Gasteiger partial charge is 0.220 e. The number of amides is 1. The summed E-state index contributed by atoms with van der Waals surface area (Å²) >= 11 is 0. The van der Waals surface area contributed by atoms with Crippen molar-refractivity contribution in [3.8, 4) is 0 Å². The Labute approximate surface area is 458 Å². The van der Waals surface area contributed by atoms with Gasteiger partial charge in [0, 0.05) is 6.42 Å². The Morgan fingerprint density at radius 2 is 0.908 bits per heavy atom. The number of hydrogen-bond donors (Lipinski definition) is 9. The molecule has 0 bridgehead atoms. The van der Waals surface area contributed by atoms with Gasteiger partial charge in [0.15, 0.2) is 12.6 Å². The van der Waals surface area contributed by atoms with Crippen LogP contribution in [0.4, 0.5) is 0 Å². The highest BCUT2D eigenvalue weighted by Gasteiger charge is 2.51. The summed E-state index contributed by atoms with van der Waals surface area (Å²) in [5.74, 6) is -0.223. The lowest BCUT2D eigenvalue weighted by atomic mass is 9.97. The highest BCUT2D eigenvalue weighted by atomic mass is 16.7. The van der Waals surface area contributed by atoms with E-state index in [4.69, 9.17) is 18.9 Å². The zero-order valence-corrected chi connectivity index (χ0v) is 46.7. The van der Waals surface area contributed by atoms with Crippen LogP contribution in [0.15, 0.2) is 97.2 Å². The van der Waals surface area contributed by atoms with E-state index in [-0.39, 0.29) is 12.5 Å². The summed E-state index contributed by atoms with van der Waals surface area (Å²) in [6.45, 7) is 2.54. The van der Waals surface area contributed by atoms with Gasteiger partial charge in [-0.1, -0.05) is 207 Å². The van der Waals surface area contributed by atoms with Crippen LogP contribution in [0.5, 0.6) is 0 Å². The molecule has 0 saturated carbocycles. The van der Waals surface area contributed by atoms with Gasteiger partial charge in [0.1, 0.15) is 48.8 Å². The predicted molar refractivity (Wildman–Crippen MR) is 304 cm³/mol. The van der Waals surface area contributed by atoms with Crippen LogP contribution >= 0.6 is 0 Å². The van der Waals surface area contributed by atoms with Gasteiger partial charge in [0.25, 0.3) is 0 Å². The van der Waals surface area contributed by atoms with Gasteiger partial charge in [0.05, 0.1) is 32.0 Å². The second-order valence-electron chi connectivity index (χ2n) is 20.4. The monoisotopic (exact) mass is 1070 g/mol. The average molecular weight is 1070 g/mol. The Morgan fingerprint density at radius 3 is 1.37 bits per heavy atom. The number of aliphatic hydroxyl groups is 8. The molecule has 2 fully saturated rings. The first-order chi connectivity index (χ1) is 37.1. The van der Waals surface area contributed by atoms with E-state index in [1.54, 1.807) is 0 Å². The van der Waals surface area contributed by atoms with E-state index in [0.29, 0.717) is 12.8 Å². The van der Waals surface area contributed by atoms with Gasteiger partial charge in [-0.15, -0.1) is 0 Å². The van der Waals surface area contributed by atoms with Crippen molar-refractivity contribution in [3.63, 3.8) is 0 Å². The number of rotatable bonds is 45. The molecule has 76 heavy (non-hydrogen) atoms. The van der Waals surface area contributed by atoms with E-state index < -0.39 is 86.8 Å². The zero-order valence-electron chi connectivity index (χ0n) is 46.7. The summed E-state index contributed by atoms with van der Waals surface area (Å²) < 4.78 is 22.6. The summed E-state index contributed by atoms with van der Waals surface area (Å²) in [5, 5.41) is 86.2. The van der Waals surface area contributed by atoms with Crippen molar-refractivity contribution >= 4 is 5.91 Å². The molecule has 2 rings (SSSR count). The van der Waals surface area contributed by atoms with E-state index >= 15 is 0 Å². The summed E-state index contributed by atoms with van der Waals surface area (Å²) in [5.41, 5.74) is 0. The summed E-state index contributed by atoms with van der Waals surface area (Å²) in [7, 11) is 0. The Bertz CT molecular complexity index is 1640. The first-order valence-electron chi connectivity index (χ1n) is 29.5. The molecule has 12 atom stereocenters. The van der Waals surface area contributed by atoms with Crippen molar-refractivity contribution in [1.29, 1.82) is 0 Å².